The highest BCUT2D eigenvalue weighted by Gasteiger charge is 2.06. The number of rotatable bonds is 2. The molecule has 2 aromatic rings. The van der Waals surface area contributed by atoms with E-state index in [-0.39, 0.29) is 0 Å². The molecule has 0 radical (unpaired) electrons. The molecule has 0 amide bonds. The fourth-order valence-electron chi connectivity index (χ4n) is 1.93. The van der Waals surface area contributed by atoms with Crippen molar-refractivity contribution in [1.29, 1.82) is 0 Å². The van der Waals surface area contributed by atoms with Gasteiger partial charge in [0.25, 0.3) is 0 Å². The van der Waals surface area contributed by atoms with Crippen LogP contribution in [0.4, 0.5) is 5.69 Å². The van der Waals surface area contributed by atoms with Gasteiger partial charge >= 0.3 is 0 Å². The number of aryl methyl sites for hydroxylation is 2. The largest absolute Gasteiger partial charge is 0.398 e. The summed E-state index contributed by atoms with van der Waals surface area (Å²) in [5.41, 5.74) is 12.1. The van der Waals surface area contributed by atoms with E-state index >= 15 is 0 Å². The Morgan fingerprint density at radius 1 is 0.875 bits per heavy atom. The Labute approximate surface area is 96.9 Å². The van der Waals surface area contributed by atoms with E-state index < -0.39 is 0 Å². The summed E-state index contributed by atoms with van der Waals surface area (Å²) in [5.74, 6) is 0. The lowest BCUT2D eigenvalue weighted by atomic mass is 9.96. The van der Waals surface area contributed by atoms with Gasteiger partial charge in [-0.2, -0.15) is 0 Å². The van der Waals surface area contributed by atoms with Crippen LogP contribution in [0.1, 0.15) is 22.3 Å². The van der Waals surface area contributed by atoms with Gasteiger partial charge in [0.05, 0.1) is 0 Å². The van der Waals surface area contributed by atoms with Crippen molar-refractivity contribution in [2.24, 2.45) is 0 Å². The van der Waals surface area contributed by atoms with Gasteiger partial charge in [-0.05, 0) is 42.5 Å². The van der Waals surface area contributed by atoms with Crippen molar-refractivity contribution in [2.75, 3.05) is 5.73 Å². The first-order valence-corrected chi connectivity index (χ1v) is 5.57. The number of nitrogen functional groups attached to an aromatic ring is 1. The van der Waals surface area contributed by atoms with Crippen LogP contribution in [0.2, 0.25) is 0 Å². The van der Waals surface area contributed by atoms with Crippen molar-refractivity contribution in [2.45, 2.75) is 20.3 Å². The molecular weight excluding hydrogens is 194 g/mol. The number of hydrogen-bond acceptors (Lipinski definition) is 1. The molecule has 0 heterocycles. The van der Waals surface area contributed by atoms with Gasteiger partial charge in [0.15, 0.2) is 0 Å². The summed E-state index contributed by atoms with van der Waals surface area (Å²) in [6, 6.07) is 14.7. The van der Waals surface area contributed by atoms with E-state index in [1.54, 1.807) is 0 Å². The highest BCUT2D eigenvalue weighted by molar-refractivity contribution is 5.57. The van der Waals surface area contributed by atoms with Crippen molar-refractivity contribution in [3.63, 3.8) is 0 Å². The third kappa shape index (κ3) is 2.08. The van der Waals surface area contributed by atoms with Crippen LogP contribution in [0.15, 0.2) is 42.5 Å². The number of anilines is 1. The Kier molecular flexibility index (Phi) is 2.95. The SMILES string of the molecule is Cc1ccc(C)c(Cc2ccccc2)c1N. The highest BCUT2D eigenvalue weighted by Crippen LogP contribution is 2.23. The summed E-state index contributed by atoms with van der Waals surface area (Å²) in [7, 11) is 0. The lowest BCUT2D eigenvalue weighted by molar-refractivity contribution is 1.15. The summed E-state index contributed by atoms with van der Waals surface area (Å²) in [4.78, 5) is 0. The Balaban J connectivity index is 2.38. The lowest BCUT2D eigenvalue weighted by Gasteiger charge is -2.12. The van der Waals surface area contributed by atoms with E-state index in [0.717, 1.165) is 17.7 Å². The zero-order valence-corrected chi connectivity index (χ0v) is 9.83. The second-order valence-electron chi connectivity index (χ2n) is 4.25. The average Bonchev–Trinajstić information content (AvgIpc) is 2.31. The predicted octanol–water partition coefficient (Wildman–Crippen LogP) is 3.48. The molecule has 2 rings (SSSR count). The van der Waals surface area contributed by atoms with Crippen LogP contribution in [0, 0.1) is 13.8 Å². The zero-order valence-electron chi connectivity index (χ0n) is 9.83. The third-order valence-electron chi connectivity index (χ3n) is 3.03. The Morgan fingerprint density at radius 3 is 2.19 bits per heavy atom. The minimum Gasteiger partial charge on any atom is -0.398 e. The maximum Gasteiger partial charge on any atom is 0.0382 e. The third-order valence-corrected chi connectivity index (χ3v) is 3.03. The molecule has 2 N–H and O–H groups in total. The second-order valence-corrected chi connectivity index (χ2v) is 4.25. The fourth-order valence-corrected chi connectivity index (χ4v) is 1.93. The van der Waals surface area contributed by atoms with Crippen LogP contribution in [-0.4, -0.2) is 0 Å². The van der Waals surface area contributed by atoms with Crippen molar-refractivity contribution < 1.29 is 0 Å². The van der Waals surface area contributed by atoms with Crippen LogP contribution < -0.4 is 5.73 Å². The molecule has 0 saturated heterocycles. The first-order chi connectivity index (χ1) is 7.68. The molecule has 0 bridgehead atoms. The number of benzene rings is 2. The molecule has 82 valence electrons. The van der Waals surface area contributed by atoms with Gasteiger partial charge in [0.2, 0.25) is 0 Å². The van der Waals surface area contributed by atoms with Gasteiger partial charge in [0.1, 0.15) is 0 Å². The van der Waals surface area contributed by atoms with Gasteiger partial charge in [-0.25, -0.2) is 0 Å². The Morgan fingerprint density at radius 2 is 1.50 bits per heavy atom. The summed E-state index contributed by atoms with van der Waals surface area (Å²) in [5, 5.41) is 0. The first-order valence-electron chi connectivity index (χ1n) is 5.57. The fraction of sp³-hybridized carbons (Fsp3) is 0.200. The normalized spacial score (nSPS) is 10.4. The quantitative estimate of drug-likeness (QED) is 0.756. The molecule has 0 saturated carbocycles. The molecule has 0 atom stereocenters. The molecule has 0 aromatic heterocycles. The molecule has 0 unspecified atom stereocenters. The molecule has 0 aliphatic rings. The van der Waals surface area contributed by atoms with Gasteiger partial charge in [-0.3, -0.25) is 0 Å². The summed E-state index contributed by atoms with van der Waals surface area (Å²) in [6.07, 6.45) is 0.917. The molecule has 0 fully saturated rings. The number of hydrogen-bond donors (Lipinski definition) is 1. The monoisotopic (exact) mass is 211 g/mol. The van der Waals surface area contributed by atoms with Crippen LogP contribution >= 0.6 is 0 Å². The summed E-state index contributed by atoms with van der Waals surface area (Å²) >= 11 is 0. The first kappa shape index (κ1) is 10.7. The smallest absolute Gasteiger partial charge is 0.0382 e. The van der Waals surface area contributed by atoms with E-state index in [2.05, 4.69) is 50.2 Å². The maximum atomic E-state index is 6.13. The second kappa shape index (κ2) is 4.40. The molecule has 0 spiro atoms. The Bertz CT molecular complexity index is 486. The van der Waals surface area contributed by atoms with E-state index in [4.69, 9.17) is 5.73 Å². The molecule has 2 aromatic carbocycles. The van der Waals surface area contributed by atoms with Crippen LogP contribution in [0.25, 0.3) is 0 Å². The van der Waals surface area contributed by atoms with Crippen LogP contribution in [0.5, 0.6) is 0 Å². The molecule has 16 heavy (non-hydrogen) atoms. The minimum absolute atomic E-state index is 0.917. The van der Waals surface area contributed by atoms with E-state index in [9.17, 15) is 0 Å². The molecular formula is C15H17N. The molecule has 1 nitrogen and oxygen atoms in total. The molecule has 1 heteroatoms. The van der Waals surface area contributed by atoms with Crippen LogP contribution in [-0.2, 0) is 6.42 Å². The van der Waals surface area contributed by atoms with Crippen molar-refractivity contribution in [3.8, 4) is 0 Å². The van der Waals surface area contributed by atoms with Gasteiger partial charge in [-0.15, -0.1) is 0 Å². The highest BCUT2D eigenvalue weighted by atomic mass is 14.6. The van der Waals surface area contributed by atoms with Gasteiger partial charge in [-0.1, -0.05) is 42.5 Å². The number of nitrogens with two attached hydrogens (primary N) is 1. The minimum atomic E-state index is 0.917. The van der Waals surface area contributed by atoms with Gasteiger partial charge < -0.3 is 5.73 Å². The Hall–Kier alpha value is -1.76. The van der Waals surface area contributed by atoms with E-state index in [0.29, 0.717) is 0 Å². The summed E-state index contributed by atoms with van der Waals surface area (Å²) < 4.78 is 0. The van der Waals surface area contributed by atoms with Crippen molar-refractivity contribution >= 4 is 5.69 Å². The van der Waals surface area contributed by atoms with Crippen molar-refractivity contribution in [1.82, 2.24) is 0 Å². The predicted molar refractivity (Wildman–Crippen MR) is 69.6 cm³/mol. The maximum absolute atomic E-state index is 6.13. The average molecular weight is 211 g/mol. The van der Waals surface area contributed by atoms with E-state index in [1.165, 1.54) is 16.7 Å². The summed E-state index contributed by atoms with van der Waals surface area (Å²) in [6.45, 7) is 4.18. The van der Waals surface area contributed by atoms with E-state index in [1.807, 2.05) is 6.07 Å². The lowest BCUT2D eigenvalue weighted by Crippen LogP contribution is -2.01. The van der Waals surface area contributed by atoms with Crippen LogP contribution in [0.3, 0.4) is 0 Å². The van der Waals surface area contributed by atoms with Gasteiger partial charge in [0, 0.05) is 5.69 Å². The topological polar surface area (TPSA) is 26.0 Å². The molecule has 0 aliphatic heterocycles. The molecule has 0 aliphatic carbocycles. The standard InChI is InChI=1S/C15H17N/c1-11-8-9-12(2)15(16)14(11)10-13-6-4-3-5-7-13/h3-9H,10,16H2,1-2H3. The van der Waals surface area contributed by atoms with Crippen molar-refractivity contribution in [3.05, 3.63) is 64.7 Å². The zero-order chi connectivity index (χ0) is 11.5.